The molecule has 1 heterocycles. The summed E-state index contributed by atoms with van der Waals surface area (Å²) < 4.78 is 28.3. The first-order chi connectivity index (χ1) is 12.3. The van der Waals surface area contributed by atoms with E-state index in [4.69, 9.17) is 0 Å². The number of aliphatic imine (C=N–C) groups is 1. The van der Waals surface area contributed by atoms with Gasteiger partial charge in [-0.2, -0.15) is 0 Å². The first kappa shape index (κ1) is 19.0. The van der Waals surface area contributed by atoms with Crippen molar-refractivity contribution in [3.8, 4) is 5.75 Å². The van der Waals surface area contributed by atoms with Crippen molar-refractivity contribution in [2.45, 2.75) is 4.90 Å². The molecule has 0 aliphatic rings. The van der Waals surface area contributed by atoms with Crippen molar-refractivity contribution in [2.75, 3.05) is 4.72 Å². The number of aromatic nitrogens is 1. The first-order valence-corrected chi connectivity index (χ1v) is 11.0. The maximum absolute atomic E-state index is 12.3. The summed E-state index contributed by atoms with van der Waals surface area (Å²) in [5.41, 5.74) is 1.07. The van der Waals surface area contributed by atoms with E-state index in [1.807, 2.05) is 0 Å². The second kappa shape index (κ2) is 7.87. The molecule has 26 heavy (non-hydrogen) atoms. The van der Waals surface area contributed by atoms with Crippen molar-refractivity contribution < 1.29 is 13.5 Å². The van der Waals surface area contributed by atoms with Crippen molar-refractivity contribution in [2.24, 2.45) is 4.99 Å². The van der Waals surface area contributed by atoms with Crippen LogP contribution in [0.1, 0.15) is 5.56 Å². The van der Waals surface area contributed by atoms with Crippen LogP contribution in [0.15, 0.2) is 66.8 Å². The van der Waals surface area contributed by atoms with E-state index in [9.17, 15) is 13.5 Å². The van der Waals surface area contributed by atoms with Crippen LogP contribution in [0, 0.1) is 0 Å². The molecular weight excluding hydrogens is 506 g/mol. The molecule has 0 amide bonds. The third-order valence-corrected chi connectivity index (χ3v) is 6.45. The number of aromatic hydroxyl groups is 1. The number of hydrogen-bond acceptors (Lipinski definition) is 6. The Morgan fingerprint density at radius 2 is 1.92 bits per heavy atom. The van der Waals surface area contributed by atoms with E-state index in [1.54, 1.807) is 29.6 Å². The summed E-state index contributed by atoms with van der Waals surface area (Å²) in [7, 11) is -3.69. The highest BCUT2D eigenvalue weighted by atomic mass is 79.9. The van der Waals surface area contributed by atoms with Crippen LogP contribution in [-0.2, 0) is 10.0 Å². The maximum atomic E-state index is 12.3. The van der Waals surface area contributed by atoms with Gasteiger partial charge < -0.3 is 5.11 Å². The predicted molar refractivity (Wildman–Crippen MR) is 110 cm³/mol. The second-order valence-corrected chi connectivity index (χ2v) is 9.37. The van der Waals surface area contributed by atoms with Crippen LogP contribution in [-0.4, -0.2) is 24.7 Å². The summed E-state index contributed by atoms with van der Waals surface area (Å²) in [5, 5.41) is 12.0. The number of thiazole rings is 1. The lowest BCUT2D eigenvalue weighted by atomic mass is 10.2. The minimum absolute atomic E-state index is 0.0730. The van der Waals surface area contributed by atoms with E-state index in [0.29, 0.717) is 20.9 Å². The van der Waals surface area contributed by atoms with Gasteiger partial charge in [0.1, 0.15) is 5.75 Å². The average Bonchev–Trinajstić information content (AvgIpc) is 3.09. The number of halogens is 2. The van der Waals surface area contributed by atoms with Crippen LogP contribution in [0.25, 0.3) is 0 Å². The topological polar surface area (TPSA) is 91.7 Å². The quantitative estimate of drug-likeness (QED) is 0.470. The number of sulfonamides is 1. The fourth-order valence-electron chi connectivity index (χ4n) is 1.99. The molecule has 10 heteroatoms. The average molecular weight is 517 g/mol. The predicted octanol–water partition coefficient (Wildman–Crippen LogP) is 4.93. The van der Waals surface area contributed by atoms with Gasteiger partial charge in [-0.05, 0) is 52.3 Å². The molecule has 2 aromatic carbocycles. The fourth-order valence-corrected chi connectivity index (χ4v) is 5.03. The minimum Gasteiger partial charge on any atom is -0.506 e. The second-order valence-electron chi connectivity index (χ2n) is 5.02. The summed E-state index contributed by atoms with van der Waals surface area (Å²) in [6, 6.07) is 9.52. The molecule has 1 aromatic heterocycles. The third kappa shape index (κ3) is 4.50. The molecule has 0 spiro atoms. The summed E-state index contributed by atoms with van der Waals surface area (Å²) in [4.78, 5) is 8.28. The summed E-state index contributed by atoms with van der Waals surface area (Å²) in [5.74, 6) is 0.0730. The lowest BCUT2D eigenvalue weighted by molar-refractivity contribution is 0.471. The summed E-state index contributed by atoms with van der Waals surface area (Å²) >= 11 is 7.81. The number of hydrogen-bond donors (Lipinski definition) is 2. The van der Waals surface area contributed by atoms with Gasteiger partial charge in [0.15, 0.2) is 5.13 Å². The first-order valence-electron chi connectivity index (χ1n) is 7.09. The van der Waals surface area contributed by atoms with Gasteiger partial charge in [0.05, 0.1) is 15.1 Å². The zero-order valence-electron chi connectivity index (χ0n) is 12.9. The normalized spacial score (nSPS) is 11.8. The third-order valence-electron chi connectivity index (χ3n) is 3.21. The maximum Gasteiger partial charge on any atom is 0.263 e. The molecule has 2 N–H and O–H groups in total. The smallest absolute Gasteiger partial charge is 0.263 e. The SMILES string of the molecule is O=S(=O)(Nc1nccs1)c1ccc(/N=C/c2cc(Br)cc(Br)c2O)cc1. The summed E-state index contributed by atoms with van der Waals surface area (Å²) in [6.45, 7) is 0. The van der Waals surface area contributed by atoms with Gasteiger partial charge >= 0.3 is 0 Å². The number of phenols is 1. The van der Waals surface area contributed by atoms with Crippen LogP contribution in [0.3, 0.4) is 0 Å². The number of anilines is 1. The molecule has 0 atom stereocenters. The molecule has 0 aliphatic heterocycles. The molecular formula is C16H11Br2N3O3S2. The van der Waals surface area contributed by atoms with E-state index >= 15 is 0 Å². The number of rotatable bonds is 5. The fraction of sp³-hybridized carbons (Fsp3) is 0. The van der Waals surface area contributed by atoms with Crippen molar-refractivity contribution >= 4 is 70.3 Å². The molecule has 0 unspecified atom stereocenters. The van der Waals surface area contributed by atoms with E-state index < -0.39 is 10.0 Å². The van der Waals surface area contributed by atoms with Crippen LogP contribution in [0.2, 0.25) is 0 Å². The number of benzene rings is 2. The molecule has 0 fully saturated rings. The summed E-state index contributed by atoms with van der Waals surface area (Å²) in [6.07, 6.45) is 3.03. The molecule has 0 radical (unpaired) electrons. The molecule has 0 bridgehead atoms. The van der Waals surface area contributed by atoms with Gasteiger partial charge in [-0.3, -0.25) is 9.71 Å². The van der Waals surface area contributed by atoms with Crippen LogP contribution in [0.4, 0.5) is 10.8 Å². The van der Waals surface area contributed by atoms with Crippen molar-refractivity contribution in [3.63, 3.8) is 0 Å². The molecule has 0 saturated carbocycles. The Balaban J connectivity index is 1.80. The number of nitrogens with one attached hydrogen (secondary N) is 1. The minimum atomic E-state index is -3.69. The van der Waals surface area contributed by atoms with Gasteiger partial charge in [-0.15, -0.1) is 11.3 Å². The van der Waals surface area contributed by atoms with Crippen LogP contribution in [0.5, 0.6) is 5.75 Å². The van der Waals surface area contributed by atoms with Gasteiger partial charge in [0, 0.05) is 27.8 Å². The molecule has 3 rings (SSSR count). The largest absolute Gasteiger partial charge is 0.506 e. The Kier molecular flexibility index (Phi) is 5.76. The molecule has 134 valence electrons. The highest BCUT2D eigenvalue weighted by Crippen LogP contribution is 2.31. The zero-order valence-corrected chi connectivity index (χ0v) is 17.7. The van der Waals surface area contributed by atoms with Crippen molar-refractivity contribution in [3.05, 3.63) is 62.5 Å². The Morgan fingerprint density at radius 3 is 2.58 bits per heavy atom. The standard InChI is InChI=1S/C16H11Br2N3O3S2/c17-11-7-10(15(22)14(18)8-11)9-20-12-1-3-13(4-2-12)26(23,24)21-16-19-5-6-25-16/h1-9,22H,(H,19,21)/b20-9+. The molecule has 6 nitrogen and oxygen atoms in total. The molecule has 0 aliphatic carbocycles. The van der Waals surface area contributed by atoms with E-state index in [1.165, 1.54) is 35.9 Å². The molecule has 3 aromatic rings. The van der Waals surface area contributed by atoms with Crippen LogP contribution >= 0.6 is 43.2 Å². The zero-order chi connectivity index (χ0) is 18.7. The Hall–Kier alpha value is -1.75. The Morgan fingerprint density at radius 1 is 1.19 bits per heavy atom. The van der Waals surface area contributed by atoms with Crippen molar-refractivity contribution in [1.82, 2.24) is 4.98 Å². The highest BCUT2D eigenvalue weighted by molar-refractivity contribution is 9.11. The van der Waals surface area contributed by atoms with Gasteiger partial charge in [-0.1, -0.05) is 15.9 Å². The van der Waals surface area contributed by atoms with E-state index in [0.717, 1.165) is 4.47 Å². The Labute approximate surface area is 171 Å². The van der Waals surface area contributed by atoms with Gasteiger partial charge in [0.2, 0.25) is 0 Å². The lowest BCUT2D eigenvalue weighted by Gasteiger charge is -2.05. The number of phenolic OH excluding ortho intramolecular Hbond substituents is 1. The Bertz CT molecular complexity index is 1050. The van der Waals surface area contributed by atoms with Gasteiger partial charge in [0.25, 0.3) is 10.0 Å². The van der Waals surface area contributed by atoms with Crippen LogP contribution < -0.4 is 4.72 Å². The number of nitrogens with zero attached hydrogens (tertiary/aromatic N) is 2. The van der Waals surface area contributed by atoms with Gasteiger partial charge in [-0.25, -0.2) is 13.4 Å². The van der Waals surface area contributed by atoms with E-state index in [-0.39, 0.29) is 10.6 Å². The monoisotopic (exact) mass is 515 g/mol. The van der Waals surface area contributed by atoms with E-state index in [2.05, 4.69) is 46.6 Å². The molecule has 0 saturated heterocycles. The highest BCUT2D eigenvalue weighted by Gasteiger charge is 2.15. The lowest BCUT2D eigenvalue weighted by Crippen LogP contribution is -2.12. The van der Waals surface area contributed by atoms with Crippen molar-refractivity contribution in [1.29, 1.82) is 0 Å².